The van der Waals surface area contributed by atoms with Crippen LogP contribution in [0.15, 0.2) is 18.2 Å². The molecular formula is C27H39N3O4. The number of hydrogen-bond acceptors (Lipinski definition) is 4. The first-order chi connectivity index (χ1) is 16.4. The van der Waals surface area contributed by atoms with Gasteiger partial charge in [-0.15, -0.1) is 0 Å². The molecule has 7 heteroatoms. The van der Waals surface area contributed by atoms with Crippen molar-refractivity contribution in [1.82, 2.24) is 14.8 Å². The molecule has 7 nitrogen and oxygen atoms in total. The van der Waals surface area contributed by atoms with Crippen LogP contribution < -0.4 is 14.8 Å². The number of nitrogens with one attached hydrogen (secondary N) is 1. The second-order valence-electron chi connectivity index (χ2n) is 9.95. The molecule has 2 aliphatic rings. The summed E-state index contributed by atoms with van der Waals surface area (Å²) in [6.07, 6.45) is 9.84. The molecule has 1 aliphatic heterocycles. The third-order valence-electron chi connectivity index (χ3n) is 7.61. The van der Waals surface area contributed by atoms with E-state index >= 15 is 0 Å². The largest absolute Gasteiger partial charge is 0.496 e. The number of unbranched alkanes of at least 4 members (excludes halogenated alkanes) is 1. The third kappa shape index (κ3) is 4.37. The van der Waals surface area contributed by atoms with Crippen molar-refractivity contribution in [1.29, 1.82) is 0 Å². The average molecular weight is 470 g/mol. The summed E-state index contributed by atoms with van der Waals surface area (Å²) in [4.78, 5) is 29.5. The number of fused-ring (bicyclic) bond motifs is 3. The maximum atomic E-state index is 13.9. The van der Waals surface area contributed by atoms with E-state index in [-0.39, 0.29) is 17.9 Å². The number of methoxy groups -OCH3 is 2. The summed E-state index contributed by atoms with van der Waals surface area (Å²) in [6.45, 7) is 4.95. The van der Waals surface area contributed by atoms with Gasteiger partial charge in [-0.25, -0.2) is 0 Å². The molecule has 0 spiro atoms. The molecule has 1 aliphatic carbocycles. The number of ether oxygens (including phenoxy) is 2. The van der Waals surface area contributed by atoms with Gasteiger partial charge in [0, 0.05) is 18.0 Å². The molecule has 2 heterocycles. The highest BCUT2D eigenvalue weighted by Gasteiger charge is 2.48. The number of nitrogens with zero attached hydrogens (tertiary/aromatic N) is 2. The summed E-state index contributed by atoms with van der Waals surface area (Å²) in [5.74, 6) is 1.18. The van der Waals surface area contributed by atoms with E-state index in [1.165, 1.54) is 19.3 Å². The Morgan fingerprint density at radius 1 is 1.09 bits per heavy atom. The monoisotopic (exact) mass is 469 g/mol. The van der Waals surface area contributed by atoms with Gasteiger partial charge in [0.1, 0.15) is 22.7 Å². The van der Waals surface area contributed by atoms with Gasteiger partial charge in [0.2, 0.25) is 5.91 Å². The van der Waals surface area contributed by atoms with E-state index in [2.05, 4.69) is 12.2 Å². The van der Waals surface area contributed by atoms with Gasteiger partial charge < -0.3 is 24.3 Å². The van der Waals surface area contributed by atoms with Crippen molar-refractivity contribution in [2.75, 3.05) is 20.8 Å². The first-order valence-electron chi connectivity index (χ1n) is 12.8. The van der Waals surface area contributed by atoms with Crippen molar-refractivity contribution in [2.24, 2.45) is 0 Å². The number of amides is 2. The van der Waals surface area contributed by atoms with Gasteiger partial charge in [-0.3, -0.25) is 9.59 Å². The summed E-state index contributed by atoms with van der Waals surface area (Å²) in [5.41, 5.74) is 0.386. The van der Waals surface area contributed by atoms with Gasteiger partial charge in [-0.2, -0.15) is 0 Å². The van der Waals surface area contributed by atoms with Crippen LogP contribution in [0.5, 0.6) is 11.5 Å². The minimum atomic E-state index is -0.984. The van der Waals surface area contributed by atoms with E-state index in [0.29, 0.717) is 30.3 Å². The van der Waals surface area contributed by atoms with E-state index in [1.54, 1.807) is 19.1 Å². The molecule has 0 saturated heterocycles. The minimum Gasteiger partial charge on any atom is -0.496 e. The molecule has 1 saturated carbocycles. The van der Waals surface area contributed by atoms with E-state index in [4.69, 9.17) is 9.47 Å². The van der Waals surface area contributed by atoms with Crippen LogP contribution in [0, 0.1) is 0 Å². The molecule has 2 amide bonds. The Balaban J connectivity index is 1.75. The third-order valence-corrected chi connectivity index (χ3v) is 7.61. The minimum absolute atomic E-state index is 0.0584. The average Bonchev–Trinajstić information content (AvgIpc) is 3.19. The number of hydrogen-bond donors (Lipinski definition) is 1. The summed E-state index contributed by atoms with van der Waals surface area (Å²) in [7, 11) is 3.25. The number of carbonyl (C=O) groups is 2. The zero-order valence-corrected chi connectivity index (χ0v) is 21.1. The fourth-order valence-corrected chi connectivity index (χ4v) is 5.56. The fourth-order valence-electron chi connectivity index (χ4n) is 5.56. The first-order valence-corrected chi connectivity index (χ1v) is 12.8. The second kappa shape index (κ2) is 10.3. The first kappa shape index (κ1) is 24.4. The van der Waals surface area contributed by atoms with Gasteiger partial charge >= 0.3 is 0 Å². The summed E-state index contributed by atoms with van der Waals surface area (Å²) < 4.78 is 13.2. The van der Waals surface area contributed by atoms with Crippen LogP contribution in [0.1, 0.15) is 82.1 Å². The second-order valence-corrected chi connectivity index (χ2v) is 9.95. The predicted octanol–water partition coefficient (Wildman–Crippen LogP) is 4.90. The molecule has 1 aromatic heterocycles. The molecule has 34 heavy (non-hydrogen) atoms. The maximum Gasteiger partial charge on any atom is 0.271 e. The van der Waals surface area contributed by atoms with E-state index in [0.717, 1.165) is 49.4 Å². The van der Waals surface area contributed by atoms with Crippen molar-refractivity contribution < 1.29 is 19.1 Å². The lowest BCUT2D eigenvalue weighted by molar-refractivity contribution is -0.133. The maximum absolute atomic E-state index is 13.9. The molecule has 1 atom stereocenters. The van der Waals surface area contributed by atoms with Gasteiger partial charge in [0.15, 0.2) is 0 Å². The van der Waals surface area contributed by atoms with Crippen LogP contribution in [0.4, 0.5) is 0 Å². The van der Waals surface area contributed by atoms with E-state index < -0.39 is 5.54 Å². The fraction of sp³-hybridized carbons (Fsp3) is 0.630. The van der Waals surface area contributed by atoms with Crippen molar-refractivity contribution in [3.05, 3.63) is 23.9 Å². The standard InChI is InChI=1S/C27H39N3O4/c1-5-6-16-30-25(31)21-17-20-22(33-3)14-15-23(34-4)24(20)29(21)18-27(30,2)26(32)28-19-12-10-8-7-9-11-13-19/h14-15,17,19H,5-13,16,18H2,1-4H3,(H,28,32). The molecule has 0 bridgehead atoms. The Labute approximate surface area is 202 Å². The summed E-state index contributed by atoms with van der Waals surface area (Å²) in [6, 6.07) is 5.76. The Kier molecular flexibility index (Phi) is 7.39. The van der Waals surface area contributed by atoms with Crippen LogP contribution in [0.25, 0.3) is 10.9 Å². The zero-order chi connectivity index (χ0) is 24.3. The molecule has 2 aromatic rings. The number of aromatic nitrogens is 1. The lowest BCUT2D eigenvalue weighted by atomic mass is 9.92. The highest BCUT2D eigenvalue weighted by Crippen LogP contribution is 2.40. The summed E-state index contributed by atoms with van der Waals surface area (Å²) >= 11 is 0. The van der Waals surface area contributed by atoms with Crippen LogP contribution in [0.2, 0.25) is 0 Å². The lowest BCUT2D eigenvalue weighted by Crippen LogP contribution is -2.65. The van der Waals surface area contributed by atoms with Crippen molar-refractivity contribution in [3.8, 4) is 11.5 Å². The Bertz CT molecular complexity index is 1040. The van der Waals surface area contributed by atoms with Crippen LogP contribution >= 0.6 is 0 Å². The van der Waals surface area contributed by atoms with Gasteiger partial charge in [0.25, 0.3) is 5.91 Å². The molecule has 1 N–H and O–H groups in total. The molecule has 186 valence electrons. The molecule has 1 fully saturated rings. The highest BCUT2D eigenvalue weighted by atomic mass is 16.5. The topological polar surface area (TPSA) is 72.8 Å². The zero-order valence-electron chi connectivity index (χ0n) is 21.1. The smallest absolute Gasteiger partial charge is 0.271 e. The molecule has 1 aromatic carbocycles. The number of carbonyl (C=O) groups excluding carboxylic acids is 2. The SMILES string of the molecule is CCCCN1C(=O)c2cc3c(OC)ccc(OC)c3n2CC1(C)C(=O)NC1CCCCCCC1. The lowest BCUT2D eigenvalue weighted by Gasteiger charge is -2.45. The van der Waals surface area contributed by atoms with Crippen molar-refractivity contribution in [3.63, 3.8) is 0 Å². The Morgan fingerprint density at radius 3 is 2.38 bits per heavy atom. The summed E-state index contributed by atoms with van der Waals surface area (Å²) in [5, 5.41) is 4.17. The van der Waals surface area contributed by atoms with Crippen LogP contribution in [-0.2, 0) is 11.3 Å². The number of benzene rings is 1. The predicted molar refractivity (Wildman–Crippen MR) is 134 cm³/mol. The quantitative estimate of drug-likeness (QED) is 0.626. The van der Waals surface area contributed by atoms with E-state index in [9.17, 15) is 9.59 Å². The molecular weight excluding hydrogens is 430 g/mol. The molecule has 4 rings (SSSR count). The highest BCUT2D eigenvalue weighted by molar-refractivity contribution is 6.05. The van der Waals surface area contributed by atoms with Gasteiger partial charge in [-0.1, -0.05) is 45.4 Å². The Hall–Kier alpha value is -2.70. The van der Waals surface area contributed by atoms with Gasteiger partial charge in [0.05, 0.1) is 26.3 Å². The van der Waals surface area contributed by atoms with Crippen molar-refractivity contribution >= 4 is 22.7 Å². The van der Waals surface area contributed by atoms with Crippen LogP contribution in [0.3, 0.4) is 0 Å². The Morgan fingerprint density at radius 2 is 1.74 bits per heavy atom. The molecule has 0 radical (unpaired) electrons. The van der Waals surface area contributed by atoms with E-state index in [1.807, 2.05) is 29.7 Å². The van der Waals surface area contributed by atoms with Crippen molar-refractivity contribution in [2.45, 2.75) is 89.8 Å². The number of rotatable bonds is 7. The van der Waals surface area contributed by atoms with Crippen LogP contribution in [-0.4, -0.2) is 53.6 Å². The molecule has 1 unspecified atom stereocenters. The normalized spacial score (nSPS) is 21.6. The van der Waals surface area contributed by atoms with Gasteiger partial charge in [-0.05, 0) is 44.4 Å².